The van der Waals surface area contributed by atoms with Crippen molar-refractivity contribution in [2.45, 2.75) is 31.8 Å². The zero-order valence-electron chi connectivity index (χ0n) is 9.52. The minimum absolute atomic E-state index is 0.0666. The fourth-order valence-electron chi connectivity index (χ4n) is 2.12. The SMILES string of the molecule is CC1CC(NC(=O)C(N)c2ccccc2)C1. The number of benzene rings is 1. The molecule has 1 amide bonds. The fourth-order valence-corrected chi connectivity index (χ4v) is 2.12. The van der Waals surface area contributed by atoms with E-state index in [0.717, 1.165) is 24.3 Å². The average Bonchev–Trinajstić information content (AvgIpc) is 2.27. The number of amides is 1. The Bertz CT molecular complexity index is 357. The lowest BCUT2D eigenvalue weighted by atomic mass is 9.82. The predicted molar refractivity (Wildman–Crippen MR) is 63.7 cm³/mol. The van der Waals surface area contributed by atoms with E-state index in [1.54, 1.807) is 0 Å². The number of carbonyl (C=O) groups excluding carboxylic acids is 1. The van der Waals surface area contributed by atoms with Crippen LogP contribution in [0.25, 0.3) is 0 Å². The van der Waals surface area contributed by atoms with Crippen molar-refractivity contribution in [3.8, 4) is 0 Å². The summed E-state index contributed by atoms with van der Waals surface area (Å²) >= 11 is 0. The average molecular weight is 218 g/mol. The van der Waals surface area contributed by atoms with Gasteiger partial charge in [0.1, 0.15) is 6.04 Å². The van der Waals surface area contributed by atoms with Crippen LogP contribution in [0, 0.1) is 5.92 Å². The highest BCUT2D eigenvalue weighted by Crippen LogP contribution is 2.26. The lowest BCUT2D eigenvalue weighted by Crippen LogP contribution is -2.46. The van der Waals surface area contributed by atoms with Crippen LogP contribution in [0.2, 0.25) is 0 Å². The molecule has 0 saturated heterocycles. The van der Waals surface area contributed by atoms with Crippen LogP contribution in [-0.4, -0.2) is 11.9 Å². The molecule has 0 radical (unpaired) electrons. The summed E-state index contributed by atoms with van der Waals surface area (Å²) in [7, 11) is 0. The van der Waals surface area contributed by atoms with Crippen molar-refractivity contribution >= 4 is 5.91 Å². The zero-order chi connectivity index (χ0) is 11.5. The molecule has 1 aliphatic carbocycles. The van der Waals surface area contributed by atoms with Gasteiger partial charge >= 0.3 is 0 Å². The van der Waals surface area contributed by atoms with Gasteiger partial charge in [0.2, 0.25) is 5.91 Å². The Morgan fingerprint density at radius 2 is 2.00 bits per heavy atom. The molecule has 0 aromatic heterocycles. The van der Waals surface area contributed by atoms with Crippen molar-refractivity contribution in [1.82, 2.24) is 5.32 Å². The van der Waals surface area contributed by atoms with E-state index in [9.17, 15) is 4.79 Å². The van der Waals surface area contributed by atoms with Crippen molar-refractivity contribution in [3.63, 3.8) is 0 Å². The van der Waals surface area contributed by atoms with E-state index in [1.165, 1.54) is 0 Å². The molecule has 1 atom stereocenters. The molecule has 1 fully saturated rings. The van der Waals surface area contributed by atoms with Crippen LogP contribution in [0.1, 0.15) is 31.4 Å². The first-order valence-corrected chi connectivity index (χ1v) is 5.77. The van der Waals surface area contributed by atoms with Crippen LogP contribution < -0.4 is 11.1 Å². The minimum atomic E-state index is -0.544. The minimum Gasteiger partial charge on any atom is -0.352 e. The van der Waals surface area contributed by atoms with Gasteiger partial charge in [0, 0.05) is 6.04 Å². The summed E-state index contributed by atoms with van der Waals surface area (Å²) in [6.07, 6.45) is 2.15. The highest BCUT2D eigenvalue weighted by atomic mass is 16.2. The summed E-state index contributed by atoms with van der Waals surface area (Å²) < 4.78 is 0. The van der Waals surface area contributed by atoms with E-state index in [4.69, 9.17) is 5.73 Å². The van der Waals surface area contributed by atoms with Gasteiger partial charge in [0.05, 0.1) is 0 Å². The molecule has 0 aliphatic heterocycles. The van der Waals surface area contributed by atoms with Crippen molar-refractivity contribution < 1.29 is 4.79 Å². The molecule has 16 heavy (non-hydrogen) atoms. The third kappa shape index (κ3) is 2.42. The van der Waals surface area contributed by atoms with E-state index in [0.29, 0.717) is 6.04 Å². The van der Waals surface area contributed by atoms with E-state index >= 15 is 0 Å². The lowest BCUT2D eigenvalue weighted by molar-refractivity contribution is -0.124. The van der Waals surface area contributed by atoms with Gasteiger partial charge in [0.15, 0.2) is 0 Å². The molecule has 1 aromatic rings. The third-order valence-electron chi connectivity index (χ3n) is 3.16. The van der Waals surface area contributed by atoms with Gasteiger partial charge < -0.3 is 11.1 Å². The maximum absolute atomic E-state index is 11.8. The second-order valence-corrected chi connectivity index (χ2v) is 4.67. The summed E-state index contributed by atoms with van der Waals surface area (Å²) in [5, 5.41) is 2.98. The first-order valence-electron chi connectivity index (χ1n) is 5.77. The van der Waals surface area contributed by atoms with E-state index in [-0.39, 0.29) is 5.91 Å². The predicted octanol–water partition coefficient (Wildman–Crippen LogP) is 1.60. The standard InChI is InChI=1S/C13H18N2O/c1-9-7-11(8-9)15-13(16)12(14)10-5-3-2-4-6-10/h2-6,9,11-12H,7-8,14H2,1H3,(H,15,16). The molecule has 3 heteroatoms. The van der Waals surface area contributed by atoms with Crippen molar-refractivity contribution in [2.75, 3.05) is 0 Å². The third-order valence-corrected chi connectivity index (χ3v) is 3.16. The molecule has 2 rings (SSSR count). The first-order chi connectivity index (χ1) is 7.66. The van der Waals surface area contributed by atoms with Gasteiger partial charge in [-0.05, 0) is 24.3 Å². The van der Waals surface area contributed by atoms with Gasteiger partial charge in [-0.2, -0.15) is 0 Å². The van der Waals surface area contributed by atoms with Gasteiger partial charge in [-0.1, -0.05) is 37.3 Å². The van der Waals surface area contributed by atoms with Crippen molar-refractivity contribution in [3.05, 3.63) is 35.9 Å². The highest BCUT2D eigenvalue weighted by Gasteiger charge is 2.28. The Morgan fingerprint density at radius 3 is 2.56 bits per heavy atom. The van der Waals surface area contributed by atoms with E-state index in [1.807, 2.05) is 30.3 Å². The molecule has 1 unspecified atom stereocenters. The fraction of sp³-hybridized carbons (Fsp3) is 0.462. The van der Waals surface area contributed by atoms with Crippen molar-refractivity contribution in [1.29, 1.82) is 0 Å². The molecule has 1 aromatic carbocycles. The number of hydrogen-bond donors (Lipinski definition) is 2. The Kier molecular flexibility index (Phi) is 3.25. The highest BCUT2D eigenvalue weighted by molar-refractivity contribution is 5.83. The quantitative estimate of drug-likeness (QED) is 0.809. The van der Waals surface area contributed by atoms with Crippen LogP contribution in [0.5, 0.6) is 0 Å². The molecule has 0 spiro atoms. The summed E-state index contributed by atoms with van der Waals surface area (Å²) in [5.41, 5.74) is 6.76. The van der Waals surface area contributed by atoms with Gasteiger partial charge in [-0.25, -0.2) is 0 Å². The molecule has 0 heterocycles. The Balaban J connectivity index is 1.90. The molecule has 0 bridgehead atoms. The van der Waals surface area contributed by atoms with Crippen LogP contribution in [0.3, 0.4) is 0 Å². The lowest BCUT2D eigenvalue weighted by Gasteiger charge is -2.34. The molecule has 1 aliphatic rings. The smallest absolute Gasteiger partial charge is 0.241 e. The number of nitrogens with one attached hydrogen (secondary N) is 1. The molecular formula is C13H18N2O. The second kappa shape index (κ2) is 4.66. The van der Waals surface area contributed by atoms with E-state index in [2.05, 4.69) is 12.2 Å². The molecule has 3 N–H and O–H groups in total. The summed E-state index contributed by atoms with van der Waals surface area (Å²) in [5.74, 6) is 0.668. The second-order valence-electron chi connectivity index (χ2n) is 4.67. The summed E-state index contributed by atoms with van der Waals surface area (Å²) in [6, 6.07) is 9.26. The summed E-state index contributed by atoms with van der Waals surface area (Å²) in [4.78, 5) is 11.8. The Morgan fingerprint density at radius 1 is 1.38 bits per heavy atom. The maximum Gasteiger partial charge on any atom is 0.241 e. The maximum atomic E-state index is 11.8. The van der Waals surface area contributed by atoms with Gasteiger partial charge in [-0.3, -0.25) is 4.79 Å². The molecule has 3 nitrogen and oxygen atoms in total. The van der Waals surface area contributed by atoms with Crippen LogP contribution in [-0.2, 0) is 4.79 Å². The Labute approximate surface area is 96.0 Å². The van der Waals surface area contributed by atoms with Crippen LogP contribution in [0.4, 0.5) is 0 Å². The molecule has 1 saturated carbocycles. The normalized spacial score (nSPS) is 25.6. The van der Waals surface area contributed by atoms with Crippen LogP contribution in [0.15, 0.2) is 30.3 Å². The Hall–Kier alpha value is -1.35. The zero-order valence-corrected chi connectivity index (χ0v) is 9.52. The summed E-state index contributed by atoms with van der Waals surface area (Å²) in [6.45, 7) is 2.19. The van der Waals surface area contributed by atoms with Crippen molar-refractivity contribution in [2.24, 2.45) is 11.7 Å². The van der Waals surface area contributed by atoms with Crippen LogP contribution >= 0.6 is 0 Å². The molecule has 86 valence electrons. The number of rotatable bonds is 3. The van der Waals surface area contributed by atoms with E-state index < -0.39 is 6.04 Å². The number of hydrogen-bond acceptors (Lipinski definition) is 2. The topological polar surface area (TPSA) is 55.1 Å². The monoisotopic (exact) mass is 218 g/mol. The number of nitrogens with two attached hydrogens (primary N) is 1. The largest absolute Gasteiger partial charge is 0.352 e. The number of carbonyl (C=O) groups is 1. The van der Waals surface area contributed by atoms with Gasteiger partial charge in [-0.15, -0.1) is 0 Å². The van der Waals surface area contributed by atoms with Gasteiger partial charge in [0.25, 0.3) is 0 Å². The molecular weight excluding hydrogens is 200 g/mol. The first kappa shape index (κ1) is 11.1.